The highest BCUT2D eigenvalue weighted by atomic mass is 32.2. The zero-order valence-corrected chi connectivity index (χ0v) is 11.4. The average Bonchev–Trinajstić information content (AvgIpc) is 2.36. The molecule has 1 unspecified atom stereocenters. The number of hydrogen-bond acceptors (Lipinski definition) is 2. The summed E-state index contributed by atoms with van der Waals surface area (Å²) >= 11 is 1.99. The normalized spacial score (nSPS) is 18.8. The first-order valence-electron chi connectivity index (χ1n) is 6.40. The highest BCUT2D eigenvalue weighted by Gasteiger charge is 2.20. The van der Waals surface area contributed by atoms with Crippen LogP contribution in [-0.4, -0.2) is 18.6 Å². The third-order valence-corrected chi connectivity index (χ3v) is 4.59. The molecule has 4 heteroatoms. The number of halogens is 2. The molecular formula is C14H19F2NS. The fourth-order valence-electron chi connectivity index (χ4n) is 2.51. The van der Waals surface area contributed by atoms with E-state index in [-0.39, 0.29) is 6.04 Å². The fourth-order valence-corrected chi connectivity index (χ4v) is 3.72. The minimum Gasteiger partial charge on any atom is -0.313 e. The van der Waals surface area contributed by atoms with E-state index < -0.39 is 11.6 Å². The van der Waals surface area contributed by atoms with Crippen LogP contribution in [0.2, 0.25) is 0 Å². The molecule has 0 aromatic heterocycles. The lowest BCUT2D eigenvalue weighted by Gasteiger charge is -2.26. The second kappa shape index (κ2) is 6.53. The number of rotatable bonds is 4. The smallest absolute Gasteiger partial charge is 0.126 e. The van der Waals surface area contributed by atoms with Gasteiger partial charge >= 0.3 is 0 Å². The Morgan fingerprint density at radius 2 is 1.83 bits per heavy atom. The molecule has 18 heavy (non-hydrogen) atoms. The van der Waals surface area contributed by atoms with E-state index >= 15 is 0 Å². The van der Waals surface area contributed by atoms with Gasteiger partial charge in [0, 0.05) is 12.1 Å². The molecule has 1 nitrogen and oxygen atoms in total. The SMILES string of the molecule is CNC(CC1CCSCC1)c1cc(F)cc(F)c1. The van der Waals surface area contributed by atoms with Gasteiger partial charge in [0.25, 0.3) is 0 Å². The topological polar surface area (TPSA) is 12.0 Å². The summed E-state index contributed by atoms with van der Waals surface area (Å²) in [5.41, 5.74) is 0.716. The molecule has 1 aliphatic rings. The molecule has 0 saturated carbocycles. The maximum Gasteiger partial charge on any atom is 0.126 e. The molecule has 0 aliphatic carbocycles. The van der Waals surface area contributed by atoms with Crippen LogP contribution in [0.25, 0.3) is 0 Å². The van der Waals surface area contributed by atoms with Crippen molar-refractivity contribution < 1.29 is 8.78 Å². The van der Waals surface area contributed by atoms with Crippen molar-refractivity contribution in [3.05, 3.63) is 35.4 Å². The van der Waals surface area contributed by atoms with Gasteiger partial charge in [0.1, 0.15) is 11.6 Å². The van der Waals surface area contributed by atoms with Gasteiger partial charge in [0.15, 0.2) is 0 Å². The van der Waals surface area contributed by atoms with Crippen LogP contribution in [0.1, 0.15) is 30.9 Å². The van der Waals surface area contributed by atoms with Crippen molar-refractivity contribution in [1.82, 2.24) is 5.32 Å². The van der Waals surface area contributed by atoms with Crippen LogP contribution in [0.4, 0.5) is 8.78 Å². The molecule has 0 spiro atoms. The van der Waals surface area contributed by atoms with Crippen LogP contribution in [0.15, 0.2) is 18.2 Å². The van der Waals surface area contributed by atoms with Crippen LogP contribution < -0.4 is 5.32 Å². The summed E-state index contributed by atoms with van der Waals surface area (Å²) in [6.07, 6.45) is 3.38. The number of hydrogen-bond donors (Lipinski definition) is 1. The van der Waals surface area contributed by atoms with Gasteiger partial charge in [-0.3, -0.25) is 0 Å². The lowest BCUT2D eigenvalue weighted by atomic mass is 9.91. The lowest BCUT2D eigenvalue weighted by Crippen LogP contribution is -2.22. The summed E-state index contributed by atoms with van der Waals surface area (Å²) in [7, 11) is 1.85. The van der Waals surface area contributed by atoms with Crippen molar-refractivity contribution in [2.75, 3.05) is 18.6 Å². The summed E-state index contributed by atoms with van der Waals surface area (Å²) in [5.74, 6) is 2.08. The molecule has 0 amide bonds. The first kappa shape index (κ1) is 13.8. The second-order valence-electron chi connectivity index (χ2n) is 4.84. The van der Waals surface area contributed by atoms with Gasteiger partial charge in [-0.25, -0.2) is 8.78 Å². The predicted octanol–water partition coefficient (Wildman–Crippen LogP) is 3.76. The summed E-state index contributed by atoms with van der Waals surface area (Å²) in [6, 6.07) is 3.83. The molecule has 1 N–H and O–H groups in total. The minimum absolute atomic E-state index is 0.0447. The van der Waals surface area contributed by atoms with E-state index in [0.29, 0.717) is 11.5 Å². The summed E-state index contributed by atoms with van der Waals surface area (Å²) in [6.45, 7) is 0. The van der Waals surface area contributed by atoms with Crippen molar-refractivity contribution >= 4 is 11.8 Å². The molecule has 0 bridgehead atoms. The van der Waals surface area contributed by atoms with Crippen molar-refractivity contribution in [2.45, 2.75) is 25.3 Å². The monoisotopic (exact) mass is 271 g/mol. The van der Waals surface area contributed by atoms with Crippen LogP contribution in [0.3, 0.4) is 0 Å². The molecule has 1 aromatic carbocycles. The van der Waals surface area contributed by atoms with Crippen LogP contribution in [0.5, 0.6) is 0 Å². The highest BCUT2D eigenvalue weighted by molar-refractivity contribution is 7.99. The van der Waals surface area contributed by atoms with Gasteiger partial charge in [-0.1, -0.05) is 0 Å². The first-order chi connectivity index (χ1) is 8.69. The second-order valence-corrected chi connectivity index (χ2v) is 6.06. The molecule has 100 valence electrons. The number of benzene rings is 1. The van der Waals surface area contributed by atoms with E-state index in [1.807, 2.05) is 18.8 Å². The third kappa shape index (κ3) is 3.69. The molecule has 0 radical (unpaired) electrons. The summed E-state index contributed by atoms with van der Waals surface area (Å²) < 4.78 is 26.5. The Labute approximate surface area is 111 Å². The van der Waals surface area contributed by atoms with Gasteiger partial charge < -0.3 is 5.32 Å². The van der Waals surface area contributed by atoms with E-state index in [1.165, 1.54) is 36.5 Å². The Bertz CT molecular complexity index is 371. The lowest BCUT2D eigenvalue weighted by molar-refractivity contribution is 0.382. The quantitative estimate of drug-likeness (QED) is 0.895. The van der Waals surface area contributed by atoms with Gasteiger partial charge in [-0.15, -0.1) is 0 Å². The first-order valence-corrected chi connectivity index (χ1v) is 7.55. The molecular weight excluding hydrogens is 252 g/mol. The maximum atomic E-state index is 13.2. The number of nitrogens with one attached hydrogen (secondary N) is 1. The van der Waals surface area contributed by atoms with Gasteiger partial charge in [-0.2, -0.15) is 11.8 Å². The highest BCUT2D eigenvalue weighted by Crippen LogP contribution is 2.31. The Morgan fingerprint density at radius 3 is 2.39 bits per heavy atom. The zero-order valence-electron chi connectivity index (χ0n) is 10.6. The van der Waals surface area contributed by atoms with Gasteiger partial charge in [0.2, 0.25) is 0 Å². The van der Waals surface area contributed by atoms with E-state index in [0.717, 1.165) is 12.5 Å². The summed E-state index contributed by atoms with van der Waals surface area (Å²) in [4.78, 5) is 0. The largest absolute Gasteiger partial charge is 0.313 e. The molecule has 2 rings (SSSR count). The minimum atomic E-state index is -0.496. The third-order valence-electron chi connectivity index (χ3n) is 3.55. The molecule has 1 fully saturated rings. The standard InChI is InChI=1S/C14H19F2NS/c1-17-14(6-10-2-4-18-5-3-10)11-7-12(15)9-13(16)8-11/h7-10,14,17H,2-6H2,1H3. The maximum absolute atomic E-state index is 13.2. The predicted molar refractivity (Wildman–Crippen MR) is 72.8 cm³/mol. The molecule has 1 heterocycles. The average molecular weight is 271 g/mol. The molecule has 1 saturated heterocycles. The molecule has 1 atom stereocenters. The molecule has 1 aromatic rings. The Balaban J connectivity index is 2.06. The van der Waals surface area contributed by atoms with Gasteiger partial charge in [-0.05, 0) is 61.4 Å². The summed E-state index contributed by atoms with van der Waals surface area (Å²) in [5, 5.41) is 3.18. The zero-order chi connectivity index (χ0) is 13.0. The van der Waals surface area contributed by atoms with Crippen LogP contribution >= 0.6 is 11.8 Å². The number of thioether (sulfide) groups is 1. The van der Waals surface area contributed by atoms with E-state index in [1.54, 1.807) is 0 Å². The van der Waals surface area contributed by atoms with E-state index in [9.17, 15) is 8.78 Å². The van der Waals surface area contributed by atoms with E-state index in [2.05, 4.69) is 5.32 Å². The Morgan fingerprint density at radius 1 is 1.22 bits per heavy atom. The van der Waals surface area contributed by atoms with Crippen molar-refractivity contribution in [1.29, 1.82) is 0 Å². The fraction of sp³-hybridized carbons (Fsp3) is 0.571. The van der Waals surface area contributed by atoms with Crippen molar-refractivity contribution in [3.8, 4) is 0 Å². The van der Waals surface area contributed by atoms with Gasteiger partial charge in [0.05, 0.1) is 0 Å². The molecule has 1 aliphatic heterocycles. The Hall–Kier alpha value is -0.610. The van der Waals surface area contributed by atoms with Crippen molar-refractivity contribution in [3.63, 3.8) is 0 Å². The van der Waals surface area contributed by atoms with Crippen LogP contribution in [0, 0.1) is 17.6 Å². The van der Waals surface area contributed by atoms with Crippen LogP contribution in [-0.2, 0) is 0 Å². The van der Waals surface area contributed by atoms with Crippen molar-refractivity contribution in [2.24, 2.45) is 5.92 Å². The van der Waals surface area contributed by atoms with E-state index in [4.69, 9.17) is 0 Å². The Kier molecular flexibility index (Phi) is 5.01.